The van der Waals surface area contributed by atoms with E-state index in [1.54, 1.807) is 12.4 Å². The molecule has 0 spiro atoms. The van der Waals surface area contributed by atoms with E-state index in [1.807, 2.05) is 18.2 Å². The lowest BCUT2D eigenvalue weighted by atomic mass is 10.1. The van der Waals surface area contributed by atoms with Crippen molar-refractivity contribution in [3.63, 3.8) is 0 Å². The number of aromatic amines is 2. The fourth-order valence-electron chi connectivity index (χ4n) is 1.85. The second-order valence-corrected chi connectivity index (χ2v) is 3.82. The highest BCUT2D eigenvalue weighted by Gasteiger charge is 2.03. The molecule has 3 rings (SSSR count). The van der Waals surface area contributed by atoms with Gasteiger partial charge in [0, 0.05) is 6.07 Å². The van der Waals surface area contributed by atoms with Crippen LogP contribution in [0.1, 0.15) is 0 Å². The minimum absolute atomic E-state index is 0.204. The molecule has 5 heteroatoms. The van der Waals surface area contributed by atoms with Gasteiger partial charge in [0.15, 0.2) is 0 Å². The predicted octanol–water partition coefficient (Wildman–Crippen LogP) is 1.50. The van der Waals surface area contributed by atoms with Crippen LogP contribution in [0.5, 0.6) is 0 Å². The van der Waals surface area contributed by atoms with Crippen LogP contribution in [0, 0.1) is 0 Å². The zero-order valence-electron chi connectivity index (χ0n) is 8.90. The predicted molar refractivity (Wildman–Crippen MR) is 66.6 cm³/mol. The Morgan fingerprint density at radius 1 is 1.12 bits per heavy atom. The molecule has 0 atom stereocenters. The molecule has 1 aromatic carbocycles. The third kappa shape index (κ3) is 1.67. The molecular formula is C12H10N4O. The molecule has 4 N–H and O–H groups in total. The van der Waals surface area contributed by atoms with E-state index in [1.165, 1.54) is 6.07 Å². The molecule has 0 amide bonds. The molecule has 0 fully saturated rings. The summed E-state index contributed by atoms with van der Waals surface area (Å²) in [5.74, 6) is 0.359. The van der Waals surface area contributed by atoms with Crippen LogP contribution >= 0.6 is 0 Å². The van der Waals surface area contributed by atoms with Crippen molar-refractivity contribution in [1.82, 2.24) is 15.0 Å². The number of nitrogens with two attached hydrogens (primary N) is 1. The number of hydrogen-bond acceptors (Lipinski definition) is 3. The smallest absolute Gasteiger partial charge is 0.250 e. The van der Waals surface area contributed by atoms with Crippen molar-refractivity contribution in [2.24, 2.45) is 0 Å². The molecule has 0 aliphatic heterocycles. The number of nitrogens with zero attached hydrogens (tertiary/aromatic N) is 1. The van der Waals surface area contributed by atoms with Crippen LogP contribution in [0.2, 0.25) is 0 Å². The first-order chi connectivity index (χ1) is 8.22. The Morgan fingerprint density at radius 3 is 2.82 bits per heavy atom. The SMILES string of the molecule is Nc1cc(-c2ccc3nc[nH]c3c2)cc(=O)[nH]1. The summed E-state index contributed by atoms with van der Waals surface area (Å²) in [5.41, 5.74) is 8.96. The molecule has 2 aromatic heterocycles. The van der Waals surface area contributed by atoms with E-state index in [-0.39, 0.29) is 5.56 Å². The number of benzene rings is 1. The molecular weight excluding hydrogens is 216 g/mol. The van der Waals surface area contributed by atoms with Crippen LogP contribution in [0.4, 0.5) is 5.82 Å². The van der Waals surface area contributed by atoms with Crippen LogP contribution in [0.3, 0.4) is 0 Å². The van der Waals surface area contributed by atoms with E-state index in [9.17, 15) is 4.79 Å². The van der Waals surface area contributed by atoms with Gasteiger partial charge in [-0.25, -0.2) is 4.98 Å². The lowest BCUT2D eigenvalue weighted by Gasteiger charge is -2.02. The van der Waals surface area contributed by atoms with Gasteiger partial charge < -0.3 is 15.7 Å². The maximum absolute atomic E-state index is 11.3. The molecule has 0 aliphatic rings. The first-order valence-electron chi connectivity index (χ1n) is 5.16. The molecule has 5 nitrogen and oxygen atoms in total. The van der Waals surface area contributed by atoms with Crippen LogP contribution in [0.15, 0.2) is 41.5 Å². The first-order valence-corrected chi connectivity index (χ1v) is 5.16. The number of nitrogen functional groups attached to an aromatic ring is 1. The van der Waals surface area contributed by atoms with E-state index in [2.05, 4.69) is 15.0 Å². The number of aromatic nitrogens is 3. The molecule has 0 bridgehead atoms. The average Bonchev–Trinajstić information content (AvgIpc) is 2.74. The van der Waals surface area contributed by atoms with Crippen molar-refractivity contribution in [3.8, 4) is 11.1 Å². The molecule has 3 aromatic rings. The lowest BCUT2D eigenvalue weighted by molar-refractivity contribution is 1.25. The Kier molecular flexibility index (Phi) is 1.98. The first kappa shape index (κ1) is 9.65. The zero-order valence-corrected chi connectivity index (χ0v) is 8.90. The van der Waals surface area contributed by atoms with Gasteiger partial charge in [0.1, 0.15) is 5.82 Å². The fraction of sp³-hybridized carbons (Fsp3) is 0. The number of H-pyrrole nitrogens is 2. The zero-order chi connectivity index (χ0) is 11.8. The van der Waals surface area contributed by atoms with E-state index in [4.69, 9.17) is 5.73 Å². The highest BCUT2D eigenvalue weighted by atomic mass is 16.1. The summed E-state index contributed by atoms with van der Waals surface area (Å²) < 4.78 is 0. The van der Waals surface area contributed by atoms with Gasteiger partial charge >= 0.3 is 0 Å². The van der Waals surface area contributed by atoms with E-state index < -0.39 is 0 Å². The Bertz CT molecular complexity index is 741. The summed E-state index contributed by atoms with van der Waals surface area (Å²) in [4.78, 5) is 21.0. The number of fused-ring (bicyclic) bond motifs is 1. The van der Waals surface area contributed by atoms with Crippen molar-refractivity contribution in [1.29, 1.82) is 0 Å². The number of rotatable bonds is 1. The summed E-state index contributed by atoms with van der Waals surface area (Å²) in [6.45, 7) is 0. The minimum atomic E-state index is -0.204. The summed E-state index contributed by atoms with van der Waals surface area (Å²) in [5, 5.41) is 0. The molecule has 0 aliphatic carbocycles. The summed E-state index contributed by atoms with van der Waals surface area (Å²) in [7, 11) is 0. The second-order valence-electron chi connectivity index (χ2n) is 3.82. The largest absolute Gasteiger partial charge is 0.385 e. The van der Waals surface area contributed by atoms with Gasteiger partial charge in [-0.1, -0.05) is 6.07 Å². The quantitative estimate of drug-likeness (QED) is 0.587. The van der Waals surface area contributed by atoms with Gasteiger partial charge in [0.05, 0.1) is 17.4 Å². The number of imidazole rings is 1. The van der Waals surface area contributed by atoms with Crippen LogP contribution in [0.25, 0.3) is 22.2 Å². The van der Waals surface area contributed by atoms with Crippen molar-refractivity contribution in [3.05, 3.63) is 47.0 Å². The Balaban J connectivity index is 2.22. The van der Waals surface area contributed by atoms with Gasteiger partial charge in [-0.2, -0.15) is 0 Å². The topological polar surface area (TPSA) is 87.6 Å². The number of pyridine rings is 1. The summed E-state index contributed by atoms with van der Waals surface area (Å²) in [6.07, 6.45) is 1.64. The Labute approximate surface area is 96.3 Å². The second kappa shape index (κ2) is 3.48. The van der Waals surface area contributed by atoms with Crippen molar-refractivity contribution in [2.75, 3.05) is 5.73 Å². The van der Waals surface area contributed by atoms with Crippen molar-refractivity contribution in [2.45, 2.75) is 0 Å². The standard InChI is InChI=1S/C12H10N4O/c13-11-4-8(5-12(17)16-11)7-1-2-9-10(3-7)15-6-14-9/h1-6H,(H,14,15)(H3,13,16,17). The van der Waals surface area contributed by atoms with E-state index in [0.717, 1.165) is 22.2 Å². The maximum atomic E-state index is 11.3. The number of hydrogen-bond donors (Lipinski definition) is 3. The molecule has 0 unspecified atom stereocenters. The van der Waals surface area contributed by atoms with Crippen LogP contribution < -0.4 is 11.3 Å². The average molecular weight is 226 g/mol. The molecule has 0 radical (unpaired) electrons. The van der Waals surface area contributed by atoms with Gasteiger partial charge in [-0.3, -0.25) is 4.79 Å². The van der Waals surface area contributed by atoms with Crippen molar-refractivity contribution >= 4 is 16.9 Å². The molecule has 17 heavy (non-hydrogen) atoms. The molecule has 84 valence electrons. The molecule has 0 saturated heterocycles. The fourth-order valence-corrected chi connectivity index (χ4v) is 1.85. The summed E-state index contributed by atoms with van der Waals surface area (Å²) >= 11 is 0. The van der Waals surface area contributed by atoms with Gasteiger partial charge in [0.2, 0.25) is 5.56 Å². The van der Waals surface area contributed by atoms with Crippen LogP contribution in [-0.2, 0) is 0 Å². The lowest BCUT2D eigenvalue weighted by Crippen LogP contribution is -2.07. The maximum Gasteiger partial charge on any atom is 0.250 e. The van der Waals surface area contributed by atoms with Gasteiger partial charge in [-0.15, -0.1) is 0 Å². The van der Waals surface area contributed by atoms with Gasteiger partial charge in [-0.05, 0) is 29.3 Å². The minimum Gasteiger partial charge on any atom is -0.385 e. The Morgan fingerprint density at radius 2 is 2.00 bits per heavy atom. The third-order valence-corrected chi connectivity index (χ3v) is 2.62. The van der Waals surface area contributed by atoms with E-state index in [0.29, 0.717) is 5.82 Å². The molecule has 2 heterocycles. The van der Waals surface area contributed by atoms with Crippen LogP contribution in [-0.4, -0.2) is 15.0 Å². The van der Waals surface area contributed by atoms with Gasteiger partial charge in [0.25, 0.3) is 0 Å². The monoisotopic (exact) mass is 226 g/mol. The normalized spacial score (nSPS) is 10.8. The summed E-state index contributed by atoms with van der Waals surface area (Å²) in [6, 6.07) is 9.01. The van der Waals surface area contributed by atoms with E-state index >= 15 is 0 Å². The third-order valence-electron chi connectivity index (χ3n) is 2.62. The number of nitrogens with one attached hydrogen (secondary N) is 2. The number of anilines is 1. The molecule has 0 saturated carbocycles. The Hall–Kier alpha value is -2.56. The van der Waals surface area contributed by atoms with Crippen molar-refractivity contribution < 1.29 is 0 Å². The highest BCUT2D eigenvalue weighted by molar-refractivity contribution is 5.81. The highest BCUT2D eigenvalue weighted by Crippen LogP contribution is 2.22.